The molecule has 1 aromatic carbocycles. The molecular formula is C26H25FN6O2. The number of aryl methyl sites for hydroxylation is 1. The van der Waals surface area contributed by atoms with E-state index in [0.717, 1.165) is 18.4 Å². The largest absolute Gasteiger partial charge is 0.347 e. The number of nitriles is 1. The number of hydrogen-bond donors (Lipinski definition) is 1. The molecule has 9 heteroatoms. The first-order chi connectivity index (χ1) is 16.8. The van der Waals surface area contributed by atoms with Crippen molar-refractivity contribution in [2.75, 3.05) is 4.90 Å². The second kappa shape index (κ2) is 8.62. The molecule has 0 bridgehead atoms. The van der Waals surface area contributed by atoms with E-state index in [0.29, 0.717) is 23.2 Å². The number of carbonyl (C=O) groups is 2. The van der Waals surface area contributed by atoms with E-state index in [2.05, 4.69) is 21.5 Å². The molecule has 2 aliphatic rings. The standard InChI is InChI=1S/C26H25FN6O2/c1-16-11-26(15-28,20-3-4-20)25(35)33(16)22-5-6-29-23(10-22)24(34)30-12-17-7-18(9-21(27)8-17)19-13-31-32(2)14-19/h5-10,13-14,16,20H,3-4,11-12H2,1-2H3,(H,30,34)/t16-,26+/m0/s1. The highest BCUT2D eigenvalue weighted by Crippen LogP contribution is 2.53. The number of hydrogen-bond acceptors (Lipinski definition) is 5. The molecule has 2 atom stereocenters. The van der Waals surface area contributed by atoms with Gasteiger partial charge in [0, 0.05) is 43.3 Å². The van der Waals surface area contributed by atoms with Crippen LogP contribution in [-0.2, 0) is 18.4 Å². The first kappa shape index (κ1) is 22.7. The van der Waals surface area contributed by atoms with Gasteiger partial charge < -0.3 is 10.2 Å². The van der Waals surface area contributed by atoms with Crippen molar-refractivity contribution in [2.45, 2.75) is 38.8 Å². The molecule has 8 nitrogen and oxygen atoms in total. The van der Waals surface area contributed by atoms with Crippen molar-refractivity contribution in [3.8, 4) is 17.2 Å². The third-order valence-corrected chi connectivity index (χ3v) is 6.84. The molecule has 1 saturated carbocycles. The van der Waals surface area contributed by atoms with E-state index in [1.165, 1.54) is 18.3 Å². The molecule has 5 rings (SSSR count). The van der Waals surface area contributed by atoms with Crippen molar-refractivity contribution >= 4 is 17.5 Å². The van der Waals surface area contributed by atoms with E-state index in [-0.39, 0.29) is 30.1 Å². The van der Waals surface area contributed by atoms with Crippen molar-refractivity contribution in [3.05, 3.63) is 66.0 Å². The summed E-state index contributed by atoms with van der Waals surface area (Å²) in [4.78, 5) is 31.9. The Bertz CT molecular complexity index is 1360. The Morgan fingerprint density at radius 1 is 1.29 bits per heavy atom. The minimum Gasteiger partial charge on any atom is -0.347 e. The third-order valence-electron chi connectivity index (χ3n) is 6.84. The minimum absolute atomic E-state index is 0.105. The average molecular weight is 473 g/mol. The van der Waals surface area contributed by atoms with Crippen molar-refractivity contribution in [3.63, 3.8) is 0 Å². The number of anilines is 1. The maximum absolute atomic E-state index is 14.2. The molecule has 178 valence electrons. The summed E-state index contributed by atoms with van der Waals surface area (Å²) >= 11 is 0. The number of benzene rings is 1. The summed E-state index contributed by atoms with van der Waals surface area (Å²) in [5, 5.41) is 16.7. The zero-order valence-corrected chi connectivity index (χ0v) is 19.5. The fourth-order valence-electron chi connectivity index (χ4n) is 4.99. The normalized spacial score (nSPS) is 21.7. The van der Waals surface area contributed by atoms with Gasteiger partial charge in [-0.15, -0.1) is 0 Å². The van der Waals surface area contributed by atoms with Crippen molar-refractivity contribution in [2.24, 2.45) is 18.4 Å². The highest BCUT2D eigenvalue weighted by molar-refractivity contribution is 6.03. The smallest absolute Gasteiger partial charge is 0.270 e. The van der Waals surface area contributed by atoms with E-state index in [4.69, 9.17) is 0 Å². The Hall–Kier alpha value is -4.06. The monoisotopic (exact) mass is 472 g/mol. The first-order valence-electron chi connectivity index (χ1n) is 11.6. The van der Waals surface area contributed by atoms with Crippen LogP contribution in [0, 0.1) is 28.5 Å². The highest BCUT2D eigenvalue weighted by atomic mass is 19.1. The molecule has 0 spiro atoms. The van der Waals surface area contributed by atoms with Gasteiger partial charge in [-0.2, -0.15) is 10.4 Å². The Kier molecular flexibility index (Phi) is 5.59. The summed E-state index contributed by atoms with van der Waals surface area (Å²) in [5.41, 5.74) is 1.75. The van der Waals surface area contributed by atoms with Gasteiger partial charge in [0.15, 0.2) is 0 Å². The van der Waals surface area contributed by atoms with Crippen molar-refractivity contribution in [1.29, 1.82) is 5.26 Å². The Labute approximate surface area is 202 Å². The second-order valence-corrected chi connectivity index (χ2v) is 9.42. The van der Waals surface area contributed by atoms with Gasteiger partial charge in [0.1, 0.15) is 16.9 Å². The van der Waals surface area contributed by atoms with Gasteiger partial charge in [0.25, 0.3) is 5.91 Å². The zero-order valence-electron chi connectivity index (χ0n) is 19.5. The maximum atomic E-state index is 14.2. The second-order valence-electron chi connectivity index (χ2n) is 9.42. The number of nitrogens with zero attached hydrogens (tertiary/aromatic N) is 5. The number of nitrogens with one attached hydrogen (secondary N) is 1. The molecule has 3 aromatic rings. The quantitative estimate of drug-likeness (QED) is 0.590. The van der Waals surface area contributed by atoms with Gasteiger partial charge in [0.2, 0.25) is 5.91 Å². The minimum atomic E-state index is -0.978. The van der Waals surface area contributed by atoms with E-state index in [9.17, 15) is 19.2 Å². The summed E-state index contributed by atoms with van der Waals surface area (Å²) in [6.45, 7) is 2.03. The lowest BCUT2D eigenvalue weighted by Gasteiger charge is -2.23. The molecule has 1 N–H and O–H groups in total. The summed E-state index contributed by atoms with van der Waals surface area (Å²) in [6, 6.07) is 9.98. The van der Waals surface area contributed by atoms with Crippen LogP contribution in [0.2, 0.25) is 0 Å². The molecular weight excluding hydrogens is 447 g/mol. The molecule has 1 aliphatic heterocycles. The predicted molar refractivity (Wildman–Crippen MR) is 126 cm³/mol. The number of aromatic nitrogens is 3. The Morgan fingerprint density at radius 2 is 2.09 bits per heavy atom. The van der Waals surface area contributed by atoms with E-state index in [1.54, 1.807) is 47.2 Å². The molecule has 3 heterocycles. The van der Waals surface area contributed by atoms with Crippen molar-refractivity contribution < 1.29 is 14.0 Å². The predicted octanol–water partition coefficient (Wildman–Crippen LogP) is 3.60. The van der Waals surface area contributed by atoms with Crippen LogP contribution in [0.3, 0.4) is 0 Å². The van der Waals surface area contributed by atoms with Crippen molar-refractivity contribution in [1.82, 2.24) is 20.1 Å². The van der Waals surface area contributed by atoms with Gasteiger partial charge in [-0.1, -0.05) is 0 Å². The fraction of sp³-hybridized carbons (Fsp3) is 0.346. The average Bonchev–Trinajstić information content (AvgIpc) is 3.55. The van der Waals surface area contributed by atoms with E-state index >= 15 is 0 Å². The van der Waals surface area contributed by atoms with Crippen LogP contribution >= 0.6 is 0 Å². The van der Waals surface area contributed by atoms with Crippen LogP contribution in [-0.4, -0.2) is 32.6 Å². The lowest BCUT2D eigenvalue weighted by Crippen LogP contribution is -2.37. The van der Waals surface area contributed by atoms with Crippen LogP contribution in [0.4, 0.5) is 10.1 Å². The van der Waals surface area contributed by atoms with Crippen LogP contribution in [0.5, 0.6) is 0 Å². The Balaban J connectivity index is 1.32. The lowest BCUT2D eigenvalue weighted by molar-refractivity contribution is -0.123. The van der Waals surface area contributed by atoms with Gasteiger partial charge in [-0.25, -0.2) is 4.39 Å². The van der Waals surface area contributed by atoms with Gasteiger partial charge in [-0.05, 0) is 73.6 Å². The third kappa shape index (κ3) is 4.16. The molecule has 0 unspecified atom stereocenters. The molecule has 35 heavy (non-hydrogen) atoms. The zero-order chi connectivity index (χ0) is 24.7. The van der Waals surface area contributed by atoms with Gasteiger partial charge in [0.05, 0.1) is 12.3 Å². The number of halogens is 1. The first-order valence-corrected chi connectivity index (χ1v) is 11.6. The van der Waals surface area contributed by atoms with E-state index in [1.807, 2.05) is 6.92 Å². The summed E-state index contributed by atoms with van der Waals surface area (Å²) in [7, 11) is 1.79. The van der Waals surface area contributed by atoms with Crippen LogP contribution < -0.4 is 10.2 Å². The maximum Gasteiger partial charge on any atom is 0.270 e. The molecule has 1 aliphatic carbocycles. The van der Waals surface area contributed by atoms with Gasteiger partial charge in [-0.3, -0.25) is 19.3 Å². The Morgan fingerprint density at radius 3 is 2.77 bits per heavy atom. The van der Waals surface area contributed by atoms with E-state index < -0.39 is 17.1 Å². The summed E-state index contributed by atoms with van der Waals surface area (Å²) in [6.07, 6.45) is 7.19. The molecule has 2 aromatic heterocycles. The number of amides is 2. The van der Waals surface area contributed by atoms with Gasteiger partial charge >= 0.3 is 0 Å². The van der Waals surface area contributed by atoms with Crippen LogP contribution in [0.15, 0.2) is 48.9 Å². The number of carbonyl (C=O) groups excluding carboxylic acids is 2. The highest BCUT2D eigenvalue weighted by Gasteiger charge is 2.59. The van der Waals surface area contributed by atoms with Crippen LogP contribution in [0.25, 0.3) is 11.1 Å². The van der Waals surface area contributed by atoms with Crippen LogP contribution in [0.1, 0.15) is 42.2 Å². The topological polar surface area (TPSA) is 104 Å². The molecule has 1 saturated heterocycles. The summed E-state index contributed by atoms with van der Waals surface area (Å²) in [5.74, 6) is -0.934. The number of rotatable bonds is 6. The lowest BCUT2D eigenvalue weighted by atomic mass is 9.81. The molecule has 0 radical (unpaired) electrons. The number of pyridine rings is 1. The molecule has 2 amide bonds. The SMILES string of the molecule is C[C@H]1C[C@@](C#N)(C2CC2)C(=O)N1c1ccnc(C(=O)NCc2cc(F)cc(-c3cnn(C)c3)c2)c1. The fourth-order valence-corrected chi connectivity index (χ4v) is 4.99. The molecule has 2 fully saturated rings. The summed E-state index contributed by atoms with van der Waals surface area (Å²) < 4.78 is 15.8.